The molecule has 0 aromatic heterocycles. The Morgan fingerprint density at radius 2 is 1.73 bits per heavy atom. The van der Waals surface area contributed by atoms with Gasteiger partial charge < -0.3 is 5.73 Å². The number of hydrogen-bond acceptors (Lipinski definition) is 1. The Kier molecular flexibility index (Phi) is 4.34. The number of aryl methyl sites for hydroxylation is 2. The number of rotatable bonds is 4. The minimum atomic E-state index is 0.186. The lowest BCUT2D eigenvalue weighted by Crippen LogP contribution is -2.21. The lowest BCUT2D eigenvalue weighted by atomic mass is 9.87. The van der Waals surface area contributed by atoms with Gasteiger partial charge in [0.05, 0.1) is 0 Å². The third-order valence-electron chi connectivity index (χ3n) is 3.23. The highest BCUT2D eigenvalue weighted by atomic mass is 14.6. The van der Waals surface area contributed by atoms with Crippen molar-refractivity contribution in [2.75, 3.05) is 0 Å². The van der Waals surface area contributed by atoms with E-state index in [0.717, 1.165) is 0 Å². The maximum atomic E-state index is 6.33. The fourth-order valence-corrected chi connectivity index (χ4v) is 2.27. The molecule has 0 aliphatic carbocycles. The SMILES string of the molecule is CCCC(C)C(N)c1c(C)cccc1C. The molecule has 1 nitrogen and oxygen atoms in total. The van der Waals surface area contributed by atoms with Crippen molar-refractivity contribution in [3.05, 3.63) is 34.9 Å². The summed E-state index contributed by atoms with van der Waals surface area (Å²) in [5, 5.41) is 0. The number of hydrogen-bond donors (Lipinski definition) is 1. The Bertz CT molecular complexity index is 297. The van der Waals surface area contributed by atoms with Gasteiger partial charge in [-0.25, -0.2) is 0 Å². The normalized spacial score (nSPS) is 15.0. The number of benzene rings is 1. The minimum Gasteiger partial charge on any atom is -0.324 e. The summed E-state index contributed by atoms with van der Waals surface area (Å²) in [5.74, 6) is 0.565. The molecule has 0 saturated heterocycles. The van der Waals surface area contributed by atoms with Crippen LogP contribution in [0.4, 0.5) is 0 Å². The second kappa shape index (κ2) is 5.32. The first-order valence-electron chi connectivity index (χ1n) is 5.89. The Balaban J connectivity index is 2.94. The van der Waals surface area contributed by atoms with Gasteiger partial charge in [-0.1, -0.05) is 38.5 Å². The molecule has 0 bridgehead atoms. The van der Waals surface area contributed by atoms with Gasteiger partial charge in [0.1, 0.15) is 0 Å². The molecule has 1 heteroatoms. The molecule has 0 aliphatic rings. The zero-order valence-electron chi connectivity index (χ0n) is 10.4. The van der Waals surface area contributed by atoms with Crippen LogP contribution in [0.5, 0.6) is 0 Å². The van der Waals surface area contributed by atoms with Gasteiger partial charge in [-0.05, 0) is 42.9 Å². The highest BCUT2D eigenvalue weighted by Gasteiger charge is 2.17. The standard InChI is InChI=1S/C14H23N/c1-5-7-12(4)14(15)13-10(2)8-6-9-11(13)3/h6,8-9,12,14H,5,7,15H2,1-4H3. The second-order valence-corrected chi connectivity index (χ2v) is 4.60. The van der Waals surface area contributed by atoms with Crippen molar-refractivity contribution in [3.63, 3.8) is 0 Å². The first-order valence-corrected chi connectivity index (χ1v) is 5.89. The Labute approximate surface area is 93.7 Å². The van der Waals surface area contributed by atoms with E-state index < -0.39 is 0 Å². The molecule has 0 spiro atoms. The van der Waals surface area contributed by atoms with Crippen molar-refractivity contribution in [3.8, 4) is 0 Å². The van der Waals surface area contributed by atoms with Crippen LogP contribution < -0.4 is 5.73 Å². The van der Waals surface area contributed by atoms with Crippen molar-refractivity contribution in [1.82, 2.24) is 0 Å². The molecule has 0 amide bonds. The summed E-state index contributed by atoms with van der Waals surface area (Å²) < 4.78 is 0. The molecule has 2 unspecified atom stereocenters. The van der Waals surface area contributed by atoms with Gasteiger partial charge in [0.2, 0.25) is 0 Å². The highest BCUT2D eigenvalue weighted by Crippen LogP contribution is 2.28. The van der Waals surface area contributed by atoms with E-state index in [1.165, 1.54) is 29.5 Å². The largest absolute Gasteiger partial charge is 0.324 e. The van der Waals surface area contributed by atoms with E-state index in [0.29, 0.717) is 5.92 Å². The van der Waals surface area contributed by atoms with Crippen LogP contribution in [0.25, 0.3) is 0 Å². The fourth-order valence-electron chi connectivity index (χ4n) is 2.27. The van der Waals surface area contributed by atoms with Crippen LogP contribution in [-0.2, 0) is 0 Å². The Morgan fingerprint density at radius 3 is 2.20 bits per heavy atom. The summed E-state index contributed by atoms with van der Waals surface area (Å²) in [6, 6.07) is 6.60. The Morgan fingerprint density at radius 1 is 1.20 bits per heavy atom. The van der Waals surface area contributed by atoms with Crippen LogP contribution in [0.2, 0.25) is 0 Å². The summed E-state index contributed by atoms with van der Waals surface area (Å²) in [6.45, 7) is 8.77. The van der Waals surface area contributed by atoms with Gasteiger partial charge in [-0.3, -0.25) is 0 Å². The van der Waals surface area contributed by atoms with E-state index in [1.54, 1.807) is 0 Å². The van der Waals surface area contributed by atoms with Gasteiger partial charge in [0, 0.05) is 6.04 Å². The smallest absolute Gasteiger partial charge is 0.0326 e. The van der Waals surface area contributed by atoms with E-state index in [1.807, 2.05) is 0 Å². The summed E-state index contributed by atoms with van der Waals surface area (Å²) in [7, 11) is 0. The van der Waals surface area contributed by atoms with Crippen LogP contribution >= 0.6 is 0 Å². The van der Waals surface area contributed by atoms with Gasteiger partial charge in [-0.2, -0.15) is 0 Å². The molecule has 2 N–H and O–H groups in total. The molecule has 2 atom stereocenters. The molecule has 0 heterocycles. The predicted octanol–water partition coefficient (Wildman–Crippen LogP) is 3.74. The second-order valence-electron chi connectivity index (χ2n) is 4.60. The lowest BCUT2D eigenvalue weighted by molar-refractivity contribution is 0.431. The summed E-state index contributed by atoms with van der Waals surface area (Å²) in [4.78, 5) is 0. The molecular weight excluding hydrogens is 182 g/mol. The van der Waals surface area contributed by atoms with Crippen LogP contribution in [0.3, 0.4) is 0 Å². The van der Waals surface area contributed by atoms with Gasteiger partial charge in [0.15, 0.2) is 0 Å². The van der Waals surface area contributed by atoms with E-state index in [2.05, 4.69) is 45.9 Å². The molecule has 84 valence electrons. The van der Waals surface area contributed by atoms with Crippen LogP contribution in [0.1, 0.15) is 49.4 Å². The topological polar surface area (TPSA) is 26.0 Å². The zero-order chi connectivity index (χ0) is 11.4. The molecule has 15 heavy (non-hydrogen) atoms. The zero-order valence-corrected chi connectivity index (χ0v) is 10.4. The average molecular weight is 205 g/mol. The molecule has 0 saturated carbocycles. The van der Waals surface area contributed by atoms with Crippen molar-refractivity contribution >= 4 is 0 Å². The van der Waals surface area contributed by atoms with Crippen LogP contribution in [0, 0.1) is 19.8 Å². The third kappa shape index (κ3) is 2.82. The van der Waals surface area contributed by atoms with Crippen molar-refractivity contribution in [2.24, 2.45) is 11.7 Å². The number of nitrogens with two attached hydrogens (primary N) is 1. The van der Waals surface area contributed by atoms with Gasteiger partial charge in [-0.15, -0.1) is 0 Å². The van der Waals surface area contributed by atoms with Crippen molar-refractivity contribution in [1.29, 1.82) is 0 Å². The monoisotopic (exact) mass is 205 g/mol. The summed E-state index contributed by atoms with van der Waals surface area (Å²) in [6.07, 6.45) is 2.41. The summed E-state index contributed by atoms with van der Waals surface area (Å²) >= 11 is 0. The fraction of sp³-hybridized carbons (Fsp3) is 0.571. The first-order chi connectivity index (χ1) is 7.07. The Hall–Kier alpha value is -0.820. The lowest BCUT2D eigenvalue weighted by Gasteiger charge is -2.23. The molecular formula is C14H23N. The quantitative estimate of drug-likeness (QED) is 0.796. The van der Waals surface area contributed by atoms with Gasteiger partial charge in [0.25, 0.3) is 0 Å². The maximum Gasteiger partial charge on any atom is 0.0326 e. The third-order valence-corrected chi connectivity index (χ3v) is 3.23. The molecule has 0 radical (unpaired) electrons. The van der Waals surface area contributed by atoms with E-state index in [4.69, 9.17) is 5.73 Å². The highest BCUT2D eigenvalue weighted by molar-refractivity contribution is 5.36. The van der Waals surface area contributed by atoms with E-state index >= 15 is 0 Å². The van der Waals surface area contributed by atoms with Crippen molar-refractivity contribution < 1.29 is 0 Å². The molecule has 1 rings (SSSR count). The molecule has 0 aliphatic heterocycles. The molecule has 1 aromatic rings. The van der Waals surface area contributed by atoms with Crippen LogP contribution in [-0.4, -0.2) is 0 Å². The first kappa shape index (κ1) is 12.3. The molecule has 0 fully saturated rings. The van der Waals surface area contributed by atoms with E-state index in [-0.39, 0.29) is 6.04 Å². The maximum absolute atomic E-state index is 6.33. The predicted molar refractivity (Wildman–Crippen MR) is 66.9 cm³/mol. The van der Waals surface area contributed by atoms with E-state index in [9.17, 15) is 0 Å². The summed E-state index contributed by atoms with van der Waals surface area (Å²) in [5.41, 5.74) is 10.3. The van der Waals surface area contributed by atoms with Gasteiger partial charge >= 0.3 is 0 Å². The van der Waals surface area contributed by atoms with Crippen LogP contribution in [0.15, 0.2) is 18.2 Å². The minimum absolute atomic E-state index is 0.186. The average Bonchev–Trinajstić information content (AvgIpc) is 2.17. The van der Waals surface area contributed by atoms with Crippen molar-refractivity contribution in [2.45, 2.75) is 46.6 Å². The molecule has 1 aromatic carbocycles.